The first-order valence-corrected chi connectivity index (χ1v) is 5.00. The van der Waals surface area contributed by atoms with E-state index in [-0.39, 0.29) is 5.56 Å². The van der Waals surface area contributed by atoms with Gasteiger partial charge in [-0.05, 0) is 11.6 Å². The number of H-pyrrole nitrogens is 1. The Hall–Kier alpha value is -2.16. The number of benzene rings is 1. The Bertz CT molecular complexity index is 543. The minimum atomic E-state index is -0.144. The van der Waals surface area contributed by atoms with Crippen molar-refractivity contribution in [3.05, 3.63) is 69.6 Å². The summed E-state index contributed by atoms with van der Waals surface area (Å²) in [6.45, 7) is 0. The Kier molecular flexibility index (Phi) is 2.96. The first-order valence-electron chi connectivity index (χ1n) is 5.00. The summed E-state index contributed by atoms with van der Waals surface area (Å²) in [7, 11) is 0. The summed E-state index contributed by atoms with van der Waals surface area (Å²) in [6.07, 6.45) is 2.69. The zero-order valence-corrected chi connectivity index (χ0v) is 8.64. The molecular formula is C13H11NO2. The van der Waals surface area contributed by atoms with E-state index in [1.807, 2.05) is 30.3 Å². The van der Waals surface area contributed by atoms with E-state index in [2.05, 4.69) is 4.98 Å². The summed E-state index contributed by atoms with van der Waals surface area (Å²) in [5.41, 5.74) is 2.01. The molecule has 0 saturated heterocycles. The van der Waals surface area contributed by atoms with Crippen molar-refractivity contribution in [1.82, 2.24) is 4.98 Å². The van der Waals surface area contributed by atoms with Gasteiger partial charge in [0.25, 0.3) is 5.56 Å². The lowest BCUT2D eigenvalue weighted by Crippen LogP contribution is -2.13. The quantitative estimate of drug-likeness (QED) is 0.790. The molecule has 0 aliphatic carbocycles. The van der Waals surface area contributed by atoms with Crippen molar-refractivity contribution >= 4 is 6.29 Å². The predicted molar refractivity (Wildman–Crippen MR) is 61.7 cm³/mol. The van der Waals surface area contributed by atoms with Gasteiger partial charge in [-0.25, -0.2) is 0 Å². The van der Waals surface area contributed by atoms with E-state index in [4.69, 9.17) is 0 Å². The fraction of sp³-hybridized carbons (Fsp3) is 0.0769. The molecule has 0 fully saturated rings. The van der Waals surface area contributed by atoms with Crippen LogP contribution >= 0.6 is 0 Å². The van der Waals surface area contributed by atoms with Crippen LogP contribution in [0.1, 0.15) is 21.5 Å². The maximum Gasteiger partial charge on any atom is 0.251 e. The number of nitrogens with one attached hydrogen (secondary N) is 1. The van der Waals surface area contributed by atoms with Crippen molar-refractivity contribution in [1.29, 1.82) is 0 Å². The van der Waals surface area contributed by atoms with E-state index in [1.54, 1.807) is 6.07 Å². The highest BCUT2D eigenvalue weighted by molar-refractivity contribution is 5.74. The van der Waals surface area contributed by atoms with Crippen LogP contribution in [0.25, 0.3) is 0 Å². The van der Waals surface area contributed by atoms with Crippen molar-refractivity contribution in [2.75, 3.05) is 0 Å². The van der Waals surface area contributed by atoms with Crippen LogP contribution in [-0.2, 0) is 6.42 Å². The molecule has 0 amide bonds. The third kappa shape index (κ3) is 2.25. The van der Waals surface area contributed by atoms with Crippen LogP contribution in [0.2, 0.25) is 0 Å². The van der Waals surface area contributed by atoms with Gasteiger partial charge in [-0.1, -0.05) is 30.3 Å². The van der Waals surface area contributed by atoms with E-state index in [1.165, 1.54) is 6.20 Å². The number of aromatic amines is 1. The van der Waals surface area contributed by atoms with Crippen LogP contribution in [-0.4, -0.2) is 11.3 Å². The third-order valence-electron chi connectivity index (χ3n) is 2.38. The van der Waals surface area contributed by atoms with Gasteiger partial charge in [0.2, 0.25) is 0 Å². The molecule has 0 unspecified atom stereocenters. The van der Waals surface area contributed by atoms with Crippen molar-refractivity contribution in [2.45, 2.75) is 6.42 Å². The standard InChI is InChI=1S/C13H11NO2/c15-9-11-7-12(13(16)14-8-11)6-10-4-2-1-3-5-10/h1-5,7-9H,6H2,(H,14,16). The molecule has 3 heteroatoms. The molecule has 0 saturated carbocycles. The van der Waals surface area contributed by atoms with Gasteiger partial charge in [0.1, 0.15) is 0 Å². The smallest absolute Gasteiger partial charge is 0.251 e. The lowest BCUT2D eigenvalue weighted by atomic mass is 10.1. The largest absolute Gasteiger partial charge is 0.328 e. The SMILES string of the molecule is O=Cc1c[nH]c(=O)c(Cc2ccccc2)c1. The molecule has 3 nitrogen and oxygen atoms in total. The number of carbonyl (C=O) groups excluding carboxylic acids is 1. The van der Waals surface area contributed by atoms with Crippen LogP contribution in [0, 0.1) is 0 Å². The van der Waals surface area contributed by atoms with Crippen molar-refractivity contribution in [3.63, 3.8) is 0 Å². The maximum absolute atomic E-state index is 11.5. The zero-order chi connectivity index (χ0) is 11.4. The lowest BCUT2D eigenvalue weighted by molar-refractivity contribution is 0.112. The van der Waals surface area contributed by atoms with Gasteiger partial charge >= 0.3 is 0 Å². The summed E-state index contributed by atoms with van der Waals surface area (Å²) in [5, 5.41) is 0. The van der Waals surface area contributed by atoms with Gasteiger partial charge in [0.05, 0.1) is 0 Å². The highest BCUT2D eigenvalue weighted by Gasteiger charge is 2.02. The first kappa shape index (κ1) is 10.4. The molecule has 2 rings (SSSR count). The molecule has 1 aromatic heterocycles. The Balaban J connectivity index is 2.34. The Labute approximate surface area is 92.8 Å². The molecule has 2 aromatic rings. The van der Waals surface area contributed by atoms with E-state index in [0.29, 0.717) is 17.5 Å². The molecule has 0 aliphatic rings. The second-order valence-electron chi connectivity index (χ2n) is 3.57. The normalized spacial score (nSPS) is 10.0. The second-order valence-corrected chi connectivity index (χ2v) is 3.57. The molecule has 0 radical (unpaired) electrons. The van der Waals surface area contributed by atoms with Gasteiger partial charge in [-0.15, -0.1) is 0 Å². The van der Waals surface area contributed by atoms with Gasteiger partial charge in [0, 0.05) is 23.7 Å². The van der Waals surface area contributed by atoms with Gasteiger partial charge in [-0.3, -0.25) is 9.59 Å². The number of hydrogen-bond donors (Lipinski definition) is 1. The number of carbonyl (C=O) groups is 1. The number of aromatic nitrogens is 1. The maximum atomic E-state index is 11.5. The van der Waals surface area contributed by atoms with Crippen molar-refractivity contribution in [3.8, 4) is 0 Å². The Morgan fingerprint density at radius 3 is 2.62 bits per heavy atom. The highest BCUT2D eigenvalue weighted by Crippen LogP contribution is 2.06. The molecule has 1 aromatic carbocycles. The van der Waals surface area contributed by atoms with Gasteiger partial charge < -0.3 is 4.98 Å². The number of hydrogen-bond acceptors (Lipinski definition) is 2. The van der Waals surface area contributed by atoms with E-state index >= 15 is 0 Å². The lowest BCUT2D eigenvalue weighted by Gasteiger charge is -2.01. The Morgan fingerprint density at radius 2 is 1.94 bits per heavy atom. The fourth-order valence-electron chi connectivity index (χ4n) is 1.57. The molecule has 1 heterocycles. The fourth-order valence-corrected chi connectivity index (χ4v) is 1.57. The topological polar surface area (TPSA) is 49.9 Å². The second kappa shape index (κ2) is 4.57. The molecule has 80 valence electrons. The van der Waals surface area contributed by atoms with Crippen LogP contribution in [0.4, 0.5) is 0 Å². The molecule has 0 spiro atoms. The third-order valence-corrected chi connectivity index (χ3v) is 2.38. The van der Waals surface area contributed by atoms with Crippen molar-refractivity contribution in [2.24, 2.45) is 0 Å². The summed E-state index contributed by atoms with van der Waals surface area (Å²) in [5.74, 6) is 0. The molecule has 1 N–H and O–H groups in total. The molecular weight excluding hydrogens is 202 g/mol. The summed E-state index contributed by atoms with van der Waals surface area (Å²) < 4.78 is 0. The Morgan fingerprint density at radius 1 is 1.19 bits per heavy atom. The average Bonchev–Trinajstić information content (AvgIpc) is 2.33. The molecule has 0 bridgehead atoms. The van der Waals surface area contributed by atoms with Crippen LogP contribution < -0.4 is 5.56 Å². The van der Waals surface area contributed by atoms with Gasteiger partial charge in [-0.2, -0.15) is 0 Å². The van der Waals surface area contributed by atoms with Crippen molar-refractivity contribution < 1.29 is 4.79 Å². The van der Waals surface area contributed by atoms with Crippen LogP contribution in [0.3, 0.4) is 0 Å². The van der Waals surface area contributed by atoms with Crippen LogP contribution in [0.5, 0.6) is 0 Å². The minimum absolute atomic E-state index is 0.144. The summed E-state index contributed by atoms with van der Waals surface area (Å²) in [4.78, 5) is 24.7. The highest BCUT2D eigenvalue weighted by atomic mass is 16.1. The van der Waals surface area contributed by atoms with E-state index < -0.39 is 0 Å². The number of aldehydes is 1. The predicted octanol–water partition coefficient (Wildman–Crippen LogP) is 1.78. The molecule has 0 atom stereocenters. The van der Waals surface area contributed by atoms with E-state index in [9.17, 15) is 9.59 Å². The summed E-state index contributed by atoms with van der Waals surface area (Å²) >= 11 is 0. The average molecular weight is 213 g/mol. The first-order chi connectivity index (χ1) is 7.79. The van der Waals surface area contributed by atoms with Crippen LogP contribution in [0.15, 0.2) is 47.4 Å². The molecule has 0 aliphatic heterocycles. The minimum Gasteiger partial charge on any atom is -0.328 e. The number of rotatable bonds is 3. The number of pyridine rings is 1. The molecule has 16 heavy (non-hydrogen) atoms. The summed E-state index contributed by atoms with van der Waals surface area (Å²) in [6, 6.07) is 11.3. The monoisotopic (exact) mass is 213 g/mol. The van der Waals surface area contributed by atoms with E-state index in [0.717, 1.165) is 11.8 Å². The zero-order valence-electron chi connectivity index (χ0n) is 8.64. The van der Waals surface area contributed by atoms with Gasteiger partial charge in [0.15, 0.2) is 6.29 Å².